The fourth-order valence-corrected chi connectivity index (χ4v) is 2.64. The van der Waals surface area contributed by atoms with Crippen LogP contribution in [-0.2, 0) is 7.05 Å². The van der Waals surface area contributed by atoms with Crippen LogP contribution < -0.4 is 10.1 Å². The third-order valence-electron chi connectivity index (χ3n) is 3.02. The van der Waals surface area contributed by atoms with Crippen molar-refractivity contribution in [2.75, 3.05) is 13.7 Å². The average Bonchev–Trinajstić information content (AvgIpc) is 2.76. The molecule has 1 aromatic heterocycles. The van der Waals surface area contributed by atoms with Crippen molar-refractivity contribution in [1.82, 2.24) is 20.3 Å². The summed E-state index contributed by atoms with van der Waals surface area (Å²) < 4.78 is 21.1. The first-order valence-corrected chi connectivity index (χ1v) is 6.99. The van der Waals surface area contributed by atoms with Gasteiger partial charge in [-0.2, -0.15) is 0 Å². The Morgan fingerprint density at radius 3 is 2.75 bits per heavy atom. The zero-order valence-corrected chi connectivity index (χ0v) is 13.1. The van der Waals surface area contributed by atoms with Gasteiger partial charge in [-0.3, -0.25) is 0 Å². The zero-order chi connectivity index (χ0) is 14.7. The van der Waals surface area contributed by atoms with Gasteiger partial charge in [0, 0.05) is 7.05 Å². The van der Waals surface area contributed by atoms with Crippen molar-refractivity contribution in [2.24, 2.45) is 7.05 Å². The molecule has 7 heteroatoms. The van der Waals surface area contributed by atoms with Crippen LogP contribution in [0.4, 0.5) is 4.39 Å². The summed E-state index contributed by atoms with van der Waals surface area (Å²) in [6, 6.07) is 4.71. The molecular formula is C13H16BrFN4O. The van der Waals surface area contributed by atoms with Crippen molar-refractivity contribution in [3.8, 4) is 5.75 Å². The Bertz CT molecular complexity index is 583. The minimum atomic E-state index is -0.390. The monoisotopic (exact) mass is 342 g/mol. The molecule has 108 valence electrons. The van der Waals surface area contributed by atoms with Gasteiger partial charge < -0.3 is 10.1 Å². The second kappa shape index (κ2) is 6.32. The molecule has 0 saturated carbocycles. The second-order valence-electron chi connectivity index (χ2n) is 4.27. The summed E-state index contributed by atoms with van der Waals surface area (Å²) in [6.45, 7) is 2.72. The lowest BCUT2D eigenvalue weighted by molar-refractivity contribution is 0.385. The SMILES string of the molecule is CCNC(c1ccc(OC)c(F)c1)c1c(Br)nnn1C. The number of rotatable bonds is 5. The molecule has 0 amide bonds. The first kappa shape index (κ1) is 14.9. The lowest BCUT2D eigenvalue weighted by atomic mass is 10.0. The Hall–Kier alpha value is -1.47. The van der Waals surface area contributed by atoms with Gasteiger partial charge in [0.1, 0.15) is 0 Å². The number of nitrogens with one attached hydrogen (secondary N) is 1. The summed E-state index contributed by atoms with van der Waals surface area (Å²) in [6.07, 6.45) is 0. The van der Waals surface area contributed by atoms with Crippen LogP contribution >= 0.6 is 15.9 Å². The molecule has 0 aliphatic carbocycles. The highest BCUT2D eigenvalue weighted by Crippen LogP contribution is 2.29. The first-order valence-electron chi connectivity index (χ1n) is 6.20. The molecule has 0 saturated heterocycles. The van der Waals surface area contributed by atoms with Crippen molar-refractivity contribution >= 4 is 15.9 Å². The van der Waals surface area contributed by atoms with Gasteiger partial charge in [0.15, 0.2) is 16.2 Å². The molecule has 0 aliphatic heterocycles. The van der Waals surface area contributed by atoms with Crippen molar-refractivity contribution in [2.45, 2.75) is 13.0 Å². The molecule has 0 fully saturated rings. The number of hydrogen-bond acceptors (Lipinski definition) is 4. The van der Waals surface area contributed by atoms with Crippen LogP contribution in [0.2, 0.25) is 0 Å². The van der Waals surface area contributed by atoms with Gasteiger partial charge >= 0.3 is 0 Å². The van der Waals surface area contributed by atoms with Crippen LogP contribution in [0.3, 0.4) is 0 Å². The molecule has 0 aliphatic rings. The Morgan fingerprint density at radius 1 is 1.50 bits per heavy atom. The Labute approximate surface area is 125 Å². The van der Waals surface area contributed by atoms with Crippen LogP contribution in [0.1, 0.15) is 24.2 Å². The summed E-state index contributed by atoms with van der Waals surface area (Å²) in [4.78, 5) is 0. The normalized spacial score (nSPS) is 12.4. The molecule has 1 unspecified atom stereocenters. The van der Waals surface area contributed by atoms with Gasteiger partial charge in [-0.25, -0.2) is 9.07 Å². The van der Waals surface area contributed by atoms with E-state index in [2.05, 4.69) is 31.6 Å². The minimum absolute atomic E-state index is 0.199. The Balaban J connectivity index is 2.46. The number of aryl methyl sites for hydroxylation is 1. The molecule has 1 N–H and O–H groups in total. The van der Waals surface area contributed by atoms with Gasteiger partial charge in [0.2, 0.25) is 0 Å². The highest BCUT2D eigenvalue weighted by molar-refractivity contribution is 9.10. The van der Waals surface area contributed by atoms with E-state index >= 15 is 0 Å². The smallest absolute Gasteiger partial charge is 0.165 e. The third kappa shape index (κ3) is 2.83. The Kier molecular flexibility index (Phi) is 4.72. The molecule has 2 rings (SSSR count). The van der Waals surface area contributed by atoms with Crippen molar-refractivity contribution in [3.63, 3.8) is 0 Å². The molecule has 2 aromatic rings. The fourth-order valence-electron chi connectivity index (χ4n) is 2.08. The fraction of sp³-hybridized carbons (Fsp3) is 0.385. The third-order valence-corrected chi connectivity index (χ3v) is 3.58. The van der Waals surface area contributed by atoms with Gasteiger partial charge in [-0.1, -0.05) is 18.2 Å². The summed E-state index contributed by atoms with van der Waals surface area (Å²) in [7, 11) is 3.25. The van der Waals surface area contributed by atoms with E-state index in [1.54, 1.807) is 17.8 Å². The maximum atomic E-state index is 13.9. The number of benzene rings is 1. The number of ether oxygens (including phenoxy) is 1. The van der Waals surface area contributed by atoms with Crippen LogP contribution in [0, 0.1) is 5.82 Å². The van der Waals surface area contributed by atoms with Crippen molar-refractivity contribution in [1.29, 1.82) is 0 Å². The Morgan fingerprint density at radius 2 is 2.25 bits per heavy atom. The quantitative estimate of drug-likeness (QED) is 0.906. The molecule has 0 spiro atoms. The number of methoxy groups -OCH3 is 1. The molecule has 0 bridgehead atoms. The lowest BCUT2D eigenvalue weighted by Crippen LogP contribution is -2.24. The van der Waals surface area contributed by atoms with E-state index in [-0.39, 0.29) is 17.6 Å². The standard InChI is InChI=1S/C13H16BrFN4O/c1-4-16-11(12-13(14)17-18-19(12)2)8-5-6-10(20-3)9(15)7-8/h5-7,11,16H,4H2,1-3H3. The predicted octanol–water partition coefficient (Wildman–Crippen LogP) is 2.42. The molecule has 5 nitrogen and oxygen atoms in total. The minimum Gasteiger partial charge on any atom is -0.494 e. The molecule has 0 radical (unpaired) electrons. The van der Waals surface area contributed by atoms with Crippen molar-refractivity contribution in [3.05, 3.63) is 39.9 Å². The van der Waals surface area contributed by atoms with Crippen LogP contribution in [0.5, 0.6) is 5.75 Å². The van der Waals surface area contributed by atoms with E-state index in [0.717, 1.165) is 17.8 Å². The highest BCUT2D eigenvalue weighted by Gasteiger charge is 2.22. The van der Waals surface area contributed by atoms with Gasteiger partial charge in [0.25, 0.3) is 0 Å². The van der Waals surface area contributed by atoms with Gasteiger partial charge in [-0.15, -0.1) is 5.10 Å². The number of nitrogens with zero attached hydrogens (tertiary/aromatic N) is 3. The van der Waals surface area contributed by atoms with Crippen molar-refractivity contribution < 1.29 is 9.13 Å². The molecular weight excluding hydrogens is 327 g/mol. The molecule has 20 heavy (non-hydrogen) atoms. The van der Waals surface area contributed by atoms with E-state index in [1.807, 2.05) is 13.0 Å². The number of halogens is 2. The summed E-state index contributed by atoms with van der Waals surface area (Å²) >= 11 is 3.38. The second-order valence-corrected chi connectivity index (χ2v) is 5.02. The number of hydrogen-bond donors (Lipinski definition) is 1. The highest BCUT2D eigenvalue weighted by atomic mass is 79.9. The van der Waals surface area contributed by atoms with E-state index in [9.17, 15) is 4.39 Å². The van der Waals surface area contributed by atoms with Crippen LogP contribution in [-0.4, -0.2) is 28.6 Å². The summed E-state index contributed by atoms with van der Waals surface area (Å²) in [5.41, 5.74) is 1.63. The molecule has 1 heterocycles. The lowest BCUT2D eigenvalue weighted by Gasteiger charge is -2.19. The first-order chi connectivity index (χ1) is 9.58. The topological polar surface area (TPSA) is 52.0 Å². The molecule has 1 atom stereocenters. The largest absolute Gasteiger partial charge is 0.494 e. The van der Waals surface area contributed by atoms with E-state index in [4.69, 9.17) is 4.74 Å². The summed E-state index contributed by atoms with van der Waals surface area (Å²) in [5, 5.41) is 11.2. The van der Waals surface area contributed by atoms with E-state index in [1.165, 1.54) is 13.2 Å². The predicted molar refractivity (Wildman–Crippen MR) is 77.2 cm³/mol. The van der Waals surface area contributed by atoms with Gasteiger partial charge in [0.05, 0.1) is 18.8 Å². The maximum Gasteiger partial charge on any atom is 0.165 e. The summed E-state index contributed by atoms with van der Waals surface area (Å²) in [5.74, 6) is -0.162. The number of aromatic nitrogens is 3. The van der Waals surface area contributed by atoms with Crippen LogP contribution in [0.15, 0.2) is 22.8 Å². The molecule has 1 aromatic carbocycles. The zero-order valence-electron chi connectivity index (χ0n) is 11.5. The van der Waals surface area contributed by atoms with Gasteiger partial charge in [-0.05, 0) is 40.2 Å². The van der Waals surface area contributed by atoms with E-state index < -0.39 is 0 Å². The maximum absolute atomic E-state index is 13.9. The van der Waals surface area contributed by atoms with E-state index in [0.29, 0.717) is 4.60 Å². The van der Waals surface area contributed by atoms with Crippen LogP contribution in [0.25, 0.3) is 0 Å². The average molecular weight is 343 g/mol.